The van der Waals surface area contributed by atoms with E-state index >= 15 is 0 Å². The highest BCUT2D eigenvalue weighted by Crippen LogP contribution is 2.14. The number of methoxy groups -OCH3 is 1. The van der Waals surface area contributed by atoms with Crippen LogP contribution in [0.3, 0.4) is 0 Å². The average Bonchev–Trinajstić information content (AvgIpc) is 2.62. The van der Waals surface area contributed by atoms with Crippen LogP contribution in [0.25, 0.3) is 0 Å². The topological polar surface area (TPSA) is 115 Å². The molecule has 2 rings (SSSR count). The molecule has 2 aliphatic rings. The zero-order chi connectivity index (χ0) is 19.9. The van der Waals surface area contributed by atoms with Crippen molar-refractivity contribution >= 4 is 22.1 Å². The van der Waals surface area contributed by atoms with Gasteiger partial charge in [-0.3, -0.25) is 15.0 Å². The molecular formula is C15H30N6O5S. The average molecular weight is 407 g/mol. The van der Waals surface area contributed by atoms with Crippen molar-refractivity contribution in [2.75, 3.05) is 86.2 Å². The monoisotopic (exact) mass is 406 g/mol. The molecule has 0 aromatic carbocycles. The lowest BCUT2D eigenvalue weighted by molar-refractivity contribution is -0.121. The molecule has 2 heterocycles. The Morgan fingerprint density at radius 3 is 2.07 bits per heavy atom. The van der Waals surface area contributed by atoms with Crippen molar-refractivity contribution in [3.63, 3.8) is 0 Å². The molecule has 3 amide bonds. The first-order chi connectivity index (χ1) is 12.8. The van der Waals surface area contributed by atoms with E-state index in [1.165, 1.54) is 15.7 Å². The van der Waals surface area contributed by atoms with Gasteiger partial charge in [0.05, 0.1) is 13.2 Å². The van der Waals surface area contributed by atoms with E-state index in [4.69, 9.17) is 4.74 Å². The van der Waals surface area contributed by atoms with Crippen molar-refractivity contribution in [1.29, 1.82) is 0 Å². The number of piperazine rings is 2. The SMILES string of the molecule is COCCNC(=O)NC(=O)CN1CCN(S(=O)(=O)N2CCN(C)CC2)CC1. The first-order valence-corrected chi connectivity index (χ1v) is 10.5. The third kappa shape index (κ3) is 6.66. The van der Waals surface area contributed by atoms with E-state index in [-0.39, 0.29) is 6.54 Å². The molecule has 0 saturated carbocycles. The lowest BCUT2D eigenvalue weighted by atomic mass is 10.3. The predicted molar refractivity (Wildman–Crippen MR) is 99.4 cm³/mol. The molecule has 2 N–H and O–H groups in total. The maximum atomic E-state index is 12.7. The number of urea groups is 1. The molecule has 27 heavy (non-hydrogen) atoms. The Bertz CT molecular complexity index is 600. The Labute approximate surface area is 160 Å². The molecule has 2 aliphatic heterocycles. The summed E-state index contributed by atoms with van der Waals surface area (Å²) < 4.78 is 33.3. The van der Waals surface area contributed by atoms with Crippen LogP contribution in [0.4, 0.5) is 4.79 Å². The van der Waals surface area contributed by atoms with Crippen molar-refractivity contribution in [1.82, 2.24) is 29.0 Å². The number of ether oxygens (including phenoxy) is 1. The number of amides is 3. The van der Waals surface area contributed by atoms with Gasteiger partial charge < -0.3 is 15.0 Å². The molecule has 0 unspecified atom stereocenters. The minimum absolute atomic E-state index is 0.0556. The van der Waals surface area contributed by atoms with E-state index in [0.717, 1.165) is 13.1 Å². The van der Waals surface area contributed by atoms with Crippen LogP contribution in [-0.2, 0) is 19.7 Å². The van der Waals surface area contributed by atoms with Crippen molar-refractivity contribution in [2.24, 2.45) is 0 Å². The van der Waals surface area contributed by atoms with E-state index < -0.39 is 22.1 Å². The first-order valence-electron chi connectivity index (χ1n) is 9.05. The van der Waals surface area contributed by atoms with E-state index in [0.29, 0.717) is 52.4 Å². The third-order valence-corrected chi connectivity index (χ3v) is 6.69. The van der Waals surface area contributed by atoms with Gasteiger partial charge in [-0.1, -0.05) is 0 Å². The van der Waals surface area contributed by atoms with Crippen molar-refractivity contribution in [3.8, 4) is 0 Å². The highest BCUT2D eigenvalue weighted by molar-refractivity contribution is 7.86. The summed E-state index contributed by atoms with van der Waals surface area (Å²) in [7, 11) is 0.0445. The summed E-state index contributed by atoms with van der Waals surface area (Å²) in [5, 5.41) is 4.76. The second-order valence-electron chi connectivity index (χ2n) is 6.68. The lowest BCUT2D eigenvalue weighted by Crippen LogP contribution is -2.57. The Morgan fingerprint density at radius 2 is 1.52 bits per heavy atom. The zero-order valence-electron chi connectivity index (χ0n) is 16.0. The molecule has 0 bridgehead atoms. The molecule has 12 heteroatoms. The van der Waals surface area contributed by atoms with E-state index in [2.05, 4.69) is 15.5 Å². The Hall–Kier alpha value is -1.31. The summed E-state index contributed by atoms with van der Waals surface area (Å²) in [5.74, 6) is -0.416. The predicted octanol–water partition coefficient (Wildman–Crippen LogP) is -2.43. The van der Waals surface area contributed by atoms with E-state index in [9.17, 15) is 18.0 Å². The van der Waals surface area contributed by atoms with Gasteiger partial charge in [-0.15, -0.1) is 0 Å². The number of nitrogens with zero attached hydrogens (tertiary/aromatic N) is 4. The molecule has 0 atom stereocenters. The fourth-order valence-corrected chi connectivity index (χ4v) is 4.56. The number of likely N-dealkylation sites (N-methyl/N-ethyl adjacent to an activating group) is 1. The van der Waals surface area contributed by atoms with Crippen molar-refractivity contribution < 1.29 is 22.7 Å². The quantitative estimate of drug-likeness (QED) is 0.452. The second kappa shape index (κ2) is 10.3. The smallest absolute Gasteiger partial charge is 0.321 e. The van der Waals surface area contributed by atoms with Crippen molar-refractivity contribution in [3.05, 3.63) is 0 Å². The Kier molecular flexibility index (Phi) is 8.38. The summed E-state index contributed by atoms with van der Waals surface area (Å²) in [4.78, 5) is 27.4. The Balaban J connectivity index is 1.73. The number of rotatable bonds is 7. The van der Waals surface area contributed by atoms with Crippen LogP contribution < -0.4 is 10.6 Å². The van der Waals surface area contributed by atoms with Gasteiger partial charge in [0.15, 0.2) is 0 Å². The normalized spacial score (nSPS) is 21.1. The molecule has 0 aromatic heterocycles. The number of carbonyl (C=O) groups excluding carboxylic acids is 2. The van der Waals surface area contributed by atoms with Gasteiger partial charge in [0.2, 0.25) is 5.91 Å². The highest BCUT2D eigenvalue weighted by Gasteiger charge is 2.34. The van der Waals surface area contributed by atoms with E-state index in [1.54, 1.807) is 0 Å². The summed E-state index contributed by atoms with van der Waals surface area (Å²) in [6.07, 6.45) is 0. The first kappa shape index (κ1) is 22.0. The van der Waals surface area contributed by atoms with Crippen LogP contribution in [0.1, 0.15) is 0 Å². The summed E-state index contributed by atoms with van der Waals surface area (Å²) in [6, 6.07) is -0.562. The highest BCUT2D eigenvalue weighted by atomic mass is 32.2. The number of hydrogen-bond acceptors (Lipinski definition) is 7. The van der Waals surface area contributed by atoms with Crippen LogP contribution in [0.15, 0.2) is 0 Å². The van der Waals surface area contributed by atoms with Gasteiger partial charge in [0.25, 0.3) is 10.2 Å². The molecule has 0 aliphatic carbocycles. The minimum atomic E-state index is -3.46. The van der Waals surface area contributed by atoms with Crippen LogP contribution in [0, 0.1) is 0 Å². The minimum Gasteiger partial charge on any atom is -0.383 e. The summed E-state index contributed by atoms with van der Waals surface area (Å²) in [5.41, 5.74) is 0. The number of hydrogen-bond donors (Lipinski definition) is 2. The maximum absolute atomic E-state index is 12.7. The molecule has 0 spiro atoms. The van der Waals surface area contributed by atoms with Gasteiger partial charge in [0, 0.05) is 66.0 Å². The standard InChI is InChI=1S/C15H30N6O5S/c1-18-4-8-20(9-5-18)27(24,25)21-10-6-19(7-11-21)13-14(22)17-15(23)16-3-12-26-2/h3-13H2,1-2H3,(H2,16,17,22,23). The van der Waals surface area contributed by atoms with Gasteiger partial charge in [-0.2, -0.15) is 17.0 Å². The molecular weight excluding hydrogens is 376 g/mol. The third-order valence-electron chi connectivity index (χ3n) is 4.66. The molecule has 2 fully saturated rings. The van der Waals surface area contributed by atoms with Gasteiger partial charge in [0.1, 0.15) is 0 Å². The number of carbonyl (C=O) groups is 2. The molecule has 156 valence electrons. The van der Waals surface area contributed by atoms with E-state index in [1.807, 2.05) is 11.9 Å². The van der Waals surface area contributed by atoms with Gasteiger partial charge in [-0.25, -0.2) is 4.79 Å². The summed E-state index contributed by atoms with van der Waals surface area (Å²) in [6.45, 7) is 4.77. The number of nitrogens with one attached hydrogen (secondary N) is 2. The fourth-order valence-electron chi connectivity index (χ4n) is 2.98. The zero-order valence-corrected chi connectivity index (χ0v) is 16.8. The molecule has 0 radical (unpaired) electrons. The second-order valence-corrected chi connectivity index (χ2v) is 8.61. The largest absolute Gasteiger partial charge is 0.383 e. The van der Waals surface area contributed by atoms with Gasteiger partial charge in [-0.05, 0) is 7.05 Å². The fraction of sp³-hybridized carbons (Fsp3) is 0.867. The van der Waals surface area contributed by atoms with Crippen LogP contribution in [0.5, 0.6) is 0 Å². The van der Waals surface area contributed by atoms with Crippen LogP contribution in [0.2, 0.25) is 0 Å². The molecule has 11 nitrogen and oxygen atoms in total. The van der Waals surface area contributed by atoms with Crippen LogP contribution in [-0.4, -0.2) is 125 Å². The molecule has 0 aromatic rings. The molecule has 2 saturated heterocycles. The number of imide groups is 1. The maximum Gasteiger partial charge on any atom is 0.321 e. The lowest BCUT2D eigenvalue weighted by Gasteiger charge is -2.38. The van der Waals surface area contributed by atoms with Gasteiger partial charge >= 0.3 is 6.03 Å². The van der Waals surface area contributed by atoms with Crippen molar-refractivity contribution in [2.45, 2.75) is 0 Å². The summed E-state index contributed by atoms with van der Waals surface area (Å²) >= 11 is 0. The van der Waals surface area contributed by atoms with Crippen LogP contribution >= 0.6 is 0 Å². The Morgan fingerprint density at radius 1 is 0.963 bits per heavy atom.